The maximum Gasteiger partial charge on any atom is 0.159 e. The van der Waals surface area contributed by atoms with Gasteiger partial charge in [0.15, 0.2) is 11.2 Å². The third-order valence-electron chi connectivity index (χ3n) is 15.0. The Bertz CT molecular complexity index is 4300. The summed E-state index contributed by atoms with van der Waals surface area (Å²) in [7, 11) is 0. The van der Waals surface area contributed by atoms with Gasteiger partial charge in [-0.3, -0.25) is 0 Å². The molecule has 79 heavy (non-hydrogen) atoms. The minimum absolute atomic E-state index is 0.814. The number of anilines is 12. The van der Waals surface area contributed by atoms with Gasteiger partial charge in [0, 0.05) is 108 Å². The van der Waals surface area contributed by atoms with Crippen LogP contribution in [0, 0.1) is 0 Å². The van der Waals surface area contributed by atoms with Crippen molar-refractivity contribution >= 4 is 153 Å². The smallest absolute Gasteiger partial charge is 0.159 e. The second kappa shape index (κ2) is 19.6. The van der Waals surface area contributed by atoms with Crippen molar-refractivity contribution < 1.29 is 4.42 Å². The highest BCUT2D eigenvalue weighted by Gasteiger charge is 2.25. The van der Waals surface area contributed by atoms with E-state index in [0.717, 1.165) is 90.2 Å². The normalized spacial score (nSPS) is 11.5. The van der Waals surface area contributed by atoms with Gasteiger partial charge < -0.3 is 24.0 Å². The Morgan fingerprint density at radius 3 is 0.734 bits per heavy atom. The molecule has 0 atom stereocenters. The van der Waals surface area contributed by atoms with Gasteiger partial charge in [-0.1, -0.05) is 133 Å². The maximum atomic E-state index is 7.41. The molecule has 0 saturated carbocycles. The molecular formula is C72H48N4OS2. The quantitative estimate of drug-likeness (QED) is 0.121. The topological polar surface area (TPSA) is 26.1 Å². The van der Waals surface area contributed by atoms with E-state index in [9.17, 15) is 0 Å². The summed E-state index contributed by atoms with van der Waals surface area (Å²) in [6, 6.07) is 104. The summed E-state index contributed by atoms with van der Waals surface area (Å²) >= 11 is 3.66. The third-order valence-corrected chi connectivity index (χ3v) is 17.3. The first-order valence-electron chi connectivity index (χ1n) is 26.6. The molecule has 15 aromatic rings. The van der Waals surface area contributed by atoms with Gasteiger partial charge in [0.1, 0.15) is 0 Å². The molecule has 12 aromatic carbocycles. The molecule has 0 bridgehead atoms. The lowest BCUT2D eigenvalue weighted by Crippen LogP contribution is -2.10. The van der Waals surface area contributed by atoms with Gasteiger partial charge in [0.05, 0.1) is 11.4 Å². The molecule has 0 saturated heterocycles. The number of benzene rings is 12. The highest BCUT2D eigenvalue weighted by molar-refractivity contribution is 7.26. The van der Waals surface area contributed by atoms with E-state index in [1.807, 2.05) is 22.7 Å². The van der Waals surface area contributed by atoms with E-state index in [0.29, 0.717) is 0 Å². The monoisotopic (exact) mass is 1050 g/mol. The Morgan fingerprint density at radius 2 is 0.456 bits per heavy atom. The van der Waals surface area contributed by atoms with Gasteiger partial charge in [0.2, 0.25) is 0 Å². The lowest BCUT2D eigenvalue weighted by Gasteiger charge is -2.26. The van der Waals surface area contributed by atoms with Crippen molar-refractivity contribution in [3.05, 3.63) is 291 Å². The summed E-state index contributed by atoms with van der Waals surface area (Å²) in [6.07, 6.45) is 0. The maximum absolute atomic E-state index is 7.41. The average Bonchev–Trinajstić information content (AvgIpc) is 4.43. The van der Waals surface area contributed by atoms with E-state index in [2.05, 4.69) is 311 Å². The van der Waals surface area contributed by atoms with Crippen molar-refractivity contribution in [3.8, 4) is 0 Å². The van der Waals surface area contributed by atoms with Crippen LogP contribution in [0.4, 0.5) is 68.2 Å². The fraction of sp³-hybridized carbons (Fsp3) is 0. The molecule has 15 rings (SSSR count). The van der Waals surface area contributed by atoms with E-state index in [4.69, 9.17) is 4.42 Å². The van der Waals surface area contributed by atoms with Crippen LogP contribution in [0.25, 0.3) is 62.3 Å². The SMILES string of the molecule is c1ccc(N(c2ccccc2)c2ccc3sc4ccc(N(c5ccccc5)c5cccc6c5oc5c(N(c7ccccc7)c7ccc8sc9ccc(N(c%10ccccc%10)c%10ccccc%10)cc9c8c7)cccc56)cc4c3c2)cc1. The molecule has 374 valence electrons. The first-order valence-corrected chi connectivity index (χ1v) is 28.2. The number of hydrogen-bond acceptors (Lipinski definition) is 7. The molecule has 0 amide bonds. The van der Waals surface area contributed by atoms with E-state index in [1.165, 1.54) is 40.3 Å². The molecule has 0 unspecified atom stereocenters. The van der Waals surface area contributed by atoms with Crippen molar-refractivity contribution in [1.82, 2.24) is 0 Å². The largest absolute Gasteiger partial charge is 0.452 e. The van der Waals surface area contributed by atoms with E-state index in [-0.39, 0.29) is 0 Å². The Balaban J connectivity index is 0.873. The van der Waals surface area contributed by atoms with E-state index < -0.39 is 0 Å². The lowest BCUT2D eigenvalue weighted by molar-refractivity contribution is 0.669. The van der Waals surface area contributed by atoms with Crippen LogP contribution >= 0.6 is 22.7 Å². The summed E-state index contributed by atoms with van der Waals surface area (Å²) in [5.74, 6) is 0. The number of hydrogen-bond donors (Lipinski definition) is 0. The minimum atomic E-state index is 0.814. The van der Waals surface area contributed by atoms with Crippen LogP contribution < -0.4 is 19.6 Å². The molecule has 0 aliphatic rings. The molecule has 0 fully saturated rings. The molecule has 0 spiro atoms. The van der Waals surface area contributed by atoms with E-state index >= 15 is 0 Å². The Kier molecular flexibility index (Phi) is 11.5. The molecule has 5 nitrogen and oxygen atoms in total. The summed E-state index contributed by atoms with van der Waals surface area (Å²) in [5.41, 5.74) is 14.4. The minimum Gasteiger partial charge on any atom is -0.452 e. The van der Waals surface area contributed by atoms with Gasteiger partial charge in [-0.2, -0.15) is 0 Å². The van der Waals surface area contributed by atoms with Crippen LogP contribution in [0.1, 0.15) is 0 Å². The number of thiophene rings is 2. The predicted molar refractivity (Wildman–Crippen MR) is 338 cm³/mol. The van der Waals surface area contributed by atoms with Crippen LogP contribution in [0.15, 0.2) is 296 Å². The number of nitrogens with zero attached hydrogens (tertiary/aromatic N) is 4. The molecule has 0 radical (unpaired) electrons. The van der Waals surface area contributed by atoms with Crippen molar-refractivity contribution in [2.24, 2.45) is 0 Å². The predicted octanol–water partition coefficient (Wildman–Crippen LogP) is 22.2. The first kappa shape index (κ1) is 46.4. The van der Waals surface area contributed by atoms with Crippen molar-refractivity contribution in [3.63, 3.8) is 0 Å². The van der Waals surface area contributed by atoms with Crippen LogP contribution in [0.2, 0.25) is 0 Å². The zero-order valence-electron chi connectivity index (χ0n) is 42.7. The number of rotatable bonds is 12. The third kappa shape index (κ3) is 8.23. The molecule has 7 heteroatoms. The van der Waals surface area contributed by atoms with E-state index in [1.54, 1.807) is 0 Å². The molecular weight excluding hydrogens is 1000 g/mol. The highest BCUT2D eigenvalue weighted by atomic mass is 32.1. The number of fused-ring (bicyclic) bond motifs is 9. The molecule has 3 aromatic heterocycles. The number of para-hydroxylation sites is 8. The first-order chi connectivity index (χ1) is 39.2. The fourth-order valence-corrected chi connectivity index (χ4v) is 13.6. The van der Waals surface area contributed by atoms with Gasteiger partial charge in [-0.05, 0) is 158 Å². The molecule has 0 aliphatic heterocycles. The average molecular weight is 1050 g/mol. The summed E-state index contributed by atoms with van der Waals surface area (Å²) in [6.45, 7) is 0. The summed E-state index contributed by atoms with van der Waals surface area (Å²) in [4.78, 5) is 9.38. The van der Waals surface area contributed by atoms with Gasteiger partial charge in [-0.15, -0.1) is 22.7 Å². The van der Waals surface area contributed by atoms with Gasteiger partial charge in [-0.25, -0.2) is 0 Å². The van der Waals surface area contributed by atoms with Crippen molar-refractivity contribution in [2.45, 2.75) is 0 Å². The summed E-state index contributed by atoms with van der Waals surface area (Å²) in [5, 5.41) is 6.93. The summed E-state index contributed by atoms with van der Waals surface area (Å²) < 4.78 is 12.4. The molecule has 0 aliphatic carbocycles. The molecule has 3 heterocycles. The zero-order chi connectivity index (χ0) is 52.2. The Morgan fingerprint density at radius 1 is 0.203 bits per heavy atom. The van der Waals surface area contributed by atoms with Crippen molar-refractivity contribution in [1.29, 1.82) is 0 Å². The fourth-order valence-electron chi connectivity index (χ4n) is 11.4. The van der Waals surface area contributed by atoms with Crippen molar-refractivity contribution in [2.75, 3.05) is 19.6 Å². The Labute approximate surface area is 465 Å². The number of furan rings is 1. The van der Waals surface area contributed by atoms with Crippen LogP contribution in [0.5, 0.6) is 0 Å². The zero-order valence-corrected chi connectivity index (χ0v) is 44.4. The van der Waals surface area contributed by atoms with Gasteiger partial charge in [0.25, 0.3) is 0 Å². The standard InChI is InChI=1S/C72H48N4OS2/c1-7-21-49(22-8-1)73(50-23-9-2-10-24-50)55-37-41-67-61(45-55)63-47-57(39-43-69(63)78-67)75(53-29-15-5-16-30-53)65-35-19-33-59-60-34-20-36-66(72(60)77-71(59)65)76(54-31-17-6-18-32-54)58-40-44-70-64(48-58)62-46-56(38-42-68(62)79-70)74(51-25-11-3-12-26-51)52-27-13-4-14-28-52/h1-48H. The Hall–Kier alpha value is -9.92. The highest BCUT2D eigenvalue weighted by Crippen LogP contribution is 2.50. The van der Waals surface area contributed by atoms with Crippen LogP contribution in [-0.2, 0) is 0 Å². The molecule has 0 N–H and O–H groups in total. The second-order valence-electron chi connectivity index (χ2n) is 19.7. The van der Waals surface area contributed by atoms with Gasteiger partial charge >= 0.3 is 0 Å². The van der Waals surface area contributed by atoms with Crippen LogP contribution in [-0.4, -0.2) is 0 Å². The van der Waals surface area contributed by atoms with Crippen LogP contribution in [0.3, 0.4) is 0 Å². The second-order valence-corrected chi connectivity index (χ2v) is 21.9. The lowest BCUT2D eigenvalue weighted by atomic mass is 10.1.